The van der Waals surface area contributed by atoms with Crippen molar-refractivity contribution in [2.75, 3.05) is 0 Å². The SMILES string of the molecule is CC(=O)NC1C(=N)C(=O)C(C)=CC1=O. The lowest BCUT2D eigenvalue weighted by Crippen LogP contribution is -2.50. The summed E-state index contributed by atoms with van der Waals surface area (Å²) >= 11 is 0. The molecule has 0 aromatic carbocycles. The van der Waals surface area contributed by atoms with E-state index in [9.17, 15) is 14.4 Å². The molecule has 14 heavy (non-hydrogen) atoms. The predicted molar refractivity (Wildman–Crippen MR) is 49.1 cm³/mol. The Bertz CT molecular complexity index is 368. The molecular formula is C9H10N2O3. The number of Topliss-reactive ketones (excluding diaryl/α,β-unsaturated/α-hetero) is 1. The number of carbonyl (C=O) groups excluding carboxylic acids is 3. The van der Waals surface area contributed by atoms with E-state index in [1.807, 2.05) is 0 Å². The number of ketones is 2. The topological polar surface area (TPSA) is 87.1 Å². The van der Waals surface area contributed by atoms with E-state index in [2.05, 4.69) is 5.32 Å². The van der Waals surface area contributed by atoms with Gasteiger partial charge in [-0.25, -0.2) is 0 Å². The third-order valence-corrected chi connectivity index (χ3v) is 1.88. The molecule has 0 aliphatic heterocycles. The summed E-state index contributed by atoms with van der Waals surface area (Å²) in [6, 6.07) is -1.11. The maximum Gasteiger partial charge on any atom is 0.217 e. The Balaban J connectivity index is 2.99. The third kappa shape index (κ3) is 1.76. The Hall–Kier alpha value is -1.78. The maximum absolute atomic E-state index is 11.3. The van der Waals surface area contributed by atoms with Crippen LogP contribution in [0, 0.1) is 5.41 Å². The van der Waals surface area contributed by atoms with Crippen LogP contribution in [-0.4, -0.2) is 29.2 Å². The van der Waals surface area contributed by atoms with Crippen molar-refractivity contribution in [3.05, 3.63) is 11.6 Å². The second kappa shape index (κ2) is 3.53. The van der Waals surface area contributed by atoms with Crippen molar-refractivity contribution in [1.82, 2.24) is 5.32 Å². The molecule has 0 saturated carbocycles. The Morgan fingerprint density at radius 3 is 2.57 bits per heavy atom. The molecule has 1 unspecified atom stereocenters. The molecule has 0 radical (unpaired) electrons. The fraction of sp³-hybridized carbons (Fsp3) is 0.333. The summed E-state index contributed by atoms with van der Waals surface area (Å²) < 4.78 is 0. The highest BCUT2D eigenvalue weighted by molar-refractivity contribution is 6.53. The van der Waals surface area contributed by atoms with E-state index in [1.54, 1.807) is 0 Å². The van der Waals surface area contributed by atoms with E-state index in [0.717, 1.165) is 6.08 Å². The standard InChI is InChI=1S/C9H10N2O3/c1-4-3-6(13)8(11-5(2)12)7(10)9(4)14/h3,8,10H,1-2H3,(H,11,12). The molecule has 1 aliphatic carbocycles. The Morgan fingerprint density at radius 1 is 1.50 bits per heavy atom. The quantitative estimate of drug-likeness (QED) is 0.595. The molecule has 0 aromatic heterocycles. The number of rotatable bonds is 1. The Labute approximate surface area is 80.7 Å². The zero-order valence-electron chi connectivity index (χ0n) is 7.88. The van der Waals surface area contributed by atoms with Crippen molar-refractivity contribution < 1.29 is 14.4 Å². The monoisotopic (exact) mass is 194 g/mol. The average molecular weight is 194 g/mol. The van der Waals surface area contributed by atoms with Crippen molar-refractivity contribution >= 4 is 23.2 Å². The fourth-order valence-corrected chi connectivity index (χ4v) is 1.19. The fourth-order valence-electron chi connectivity index (χ4n) is 1.19. The van der Waals surface area contributed by atoms with Crippen LogP contribution in [0.1, 0.15) is 13.8 Å². The van der Waals surface area contributed by atoms with E-state index >= 15 is 0 Å². The molecule has 5 heteroatoms. The number of amides is 1. The Morgan fingerprint density at radius 2 is 2.07 bits per heavy atom. The van der Waals surface area contributed by atoms with Crippen LogP contribution in [0.25, 0.3) is 0 Å². The molecule has 1 rings (SSSR count). The van der Waals surface area contributed by atoms with Crippen LogP contribution < -0.4 is 5.32 Å². The number of hydrogen-bond donors (Lipinski definition) is 2. The molecule has 1 aliphatic rings. The van der Waals surface area contributed by atoms with E-state index < -0.39 is 23.5 Å². The molecule has 5 nitrogen and oxygen atoms in total. The van der Waals surface area contributed by atoms with Crippen LogP contribution in [0.4, 0.5) is 0 Å². The van der Waals surface area contributed by atoms with Gasteiger partial charge in [0.05, 0.1) is 0 Å². The van der Waals surface area contributed by atoms with Gasteiger partial charge in [-0.15, -0.1) is 0 Å². The first-order valence-corrected chi connectivity index (χ1v) is 4.06. The zero-order chi connectivity index (χ0) is 10.9. The average Bonchev–Trinajstić information content (AvgIpc) is 2.09. The van der Waals surface area contributed by atoms with Crippen LogP contribution in [0.15, 0.2) is 11.6 Å². The van der Waals surface area contributed by atoms with Gasteiger partial charge in [-0.05, 0) is 13.0 Å². The molecule has 0 heterocycles. The van der Waals surface area contributed by atoms with Gasteiger partial charge < -0.3 is 5.32 Å². The minimum Gasteiger partial charge on any atom is -0.341 e. The van der Waals surface area contributed by atoms with Crippen molar-refractivity contribution in [2.24, 2.45) is 0 Å². The molecule has 0 saturated heterocycles. The van der Waals surface area contributed by atoms with Gasteiger partial charge in [0.1, 0.15) is 11.8 Å². The van der Waals surface area contributed by atoms with E-state index in [4.69, 9.17) is 5.41 Å². The van der Waals surface area contributed by atoms with Crippen molar-refractivity contribution in [3.8, 4) is 0 Å². The summed E-state index contributed by atoms with van der Waals surface area (Å²) in [5, 5.41) is 9.63. The molecule has 1 amide bonds. The molecule has 0 spiro atoms. The number of allylic oxidation sites excluding steroid dienone is 1. The minimum absolute atomic E-state index is 0.238. The van der Waals surface area contributed by atoms with E-state index in [0.29, 0.717) is 0 Å². The third-order valence-electron chi connectivity index (χ3n) is 1.88. The molecule has 0 aromatic rings. The van der Waals surface area contributed by atoms with Gasteiger partial charge in [0.15, 0.2) is 5.78 Å². The largest absolute Gasteiger partial charge is 0.341 e. The molecular weight excluding hydrogens is 184 g/mol. The maximum atomic E-state index is 11.3. The van der Waals surface area contributed by atoms with Crippen LogP contribution >= 0.6 is 0 Å². The molecule has 1 atom stereocenters. The van der Waals surface area contributed by atoms with Crippen molar-refractivity contribution in [2.45, 2.75) is 19.9 Å². The highest BCUT2D eigenvalue weighted by Gasteiger charge is 2.32. The van der Waals surface area contributed by atoms with Gasteiger partial charge >= 0.3 is 0 Å². The summed E-state index contributed by atoms with van der Waals surface area (Å²) in [5.41, 5.74) is -0.133. The van der Waals surface area contributed by atoms with Gasteiger partial charge in [0.25, 0.3) is 0 Å². The van der Waals surface area contributed by atoms with Crippen LogP contribution in [0.3, 0.4) is 0 Å². The lowest BCUT2D eigenvalue weighted by Gasteiger charge is -2.19. The van der Waals surface area contributed by atoms with Crippen molar-refractivity contribution in [3.63, 3.8) is 0 Å². The molecule has 74 valence electrons. The Kier molecular flexibility index (Phi) is 2.60. The molecule has 0 fully saturated rings. The summed E-state index contributed by atoms with van der Waals surface area (Å²) in [7, 11) is 0. The lowest BCUT2D eigenvalue weighted by atomic mass is 9.92. The molecule has 2 N–H and O–H groups in total. The van der Waals surface area contributed by atoms with Gasteiger partial charge in [0.2, 0.25) is 11.7 Å². The van der Waals surface area contributed by atoms with Crippen molar-refractivity contribution in [1.29, 1.82) is 5.41 Å². The van der Waals surface area contributed by atoms with Crippen LogP contribution in [0.5, 0.6) is 0 Å². The van der Waals surface area contributed by atoms with Gasteiger partial charge in [-0.3, -0.25) is 19.8 Å². The smallest absolute Gasteiger partial charge is 0.217 e. The summed E-state index contributed by atoms with van der Waals surface area (Å²) in [6.45, 7) is 2.70. The summed E-state index contributed by atoms with van der Waals surface area (Å²) in [5.74, 6) is -1.36. The first kappa shape index (κ1) is 10.3. The van der Waals surface area contributed by atoms with Gasteiger partial charge in [-0.2, -0.15) is 0 Å². The van der Waals surface area contributed by atoms with Crippen LogP contribution in [0.2, 0.25) is 0 Å². The summed E-state index contributed by atoms with van der Waals surface area (Å²) in [6.07, 6.45) is 1.15. The number of carbonyl (C=O) groups is 3. The molecule has 0 bridgehead atoms. The van der Waals surface area contributed by atoms with Gasteiger partial charge in [0, 0.05) is 12.5 Å². The second-order valence-corrected chi connectivity index (χ2v) is 3.11. The summed E-state index contributed by atoms with van der Waals surface area (Å²) in [4.78, 5) is 33.3. The zero-order valence-corrected chi connectivity index (χ0v) is 7.88. The number of hydrogen-bond acceptors (Lipinski definition) is 4. The first-order valence-electron chi connectivity index (χ1n) is 4.06. The highest BCUT2D eigenvalue weighted by atomic mass is 16.2. The van der Waals surface area contributed by atoms with E-state index in [-0.39, 0.29) is 11.3 Å². The second-order valence-electron chi connectivity index (χ2n) is 3.11. The predicted octanol–water partition coefficient (Wildman–Crippen LogP) is -0.391. The highest BCUT2D eigenvalue weighted by Crippen LogP contribution is 2.08. The minimum atomic E-state index is -1.11. The first-order chi connectivity index (χ1) is 6.43. The van der Waals surface area contributed by atoms with Gasteiger partial charge in [-0.1, -0.05) is 0 Å². The number of nitrogens with one attached hydrogen (secondary N) is 2. The normalized spacial score (nSPS) is 22.0. The van der Waals surface area contributed by atoms with Crippen LogP contribution in [-0.2, 0) is 14.4 Å². The van der Waals surface area contributed by atoms with E-state index in [1.165, 1.54) is 13.8 Å². The lowest BCUT2D eigenvalue weighted by molar-refractivity contribution is -0.123.